The molecule has 0 aromatic heterocycles. The summed E-state index contributed by atoms with van der Waals surface area (Å²) < 4.78 is 5.12. The van der Waals surface area contributed by atoms with E-state index in [-0.39, 0.29) is 6.10 Å². The van der Waals surface area contributed by atoms with Gasteiger partial charge in [0.1, 0.15) is 5.75 Å². The molecule has 0 amide bonds. The van der Waals surface area contributed by atoms with Crippen LogP contribution in [0.2, 0.25) is 5.02 Å². The Hall–Kier alpha value is -1.51. The van der Waals surface area contributed by atoms with Crippen LogP contribution >= 0.6 is 11.6 Å². The maximum Gasteiger partial charge on any atom is 0.118 e. The van der Waals surface area contributed by atoms with Gasteiger partial charge in [-0.05, 0) is 54.7 Å². The van der Waals surface area contributed by atoms with Crippen molar-refractivity contribution in [2.75, 3.05) is 7.11 Å². The van der Waals surface area contributed by atoms with Gasteiger partial charge in [-0.2, -0.15) is 0 Å². The summed E-state index contributed by atoms with van der Waals surface area (Å²) >= 11 is 5.84. The number of aliphatic hydroxyl groups is 1. The van der Waals surface area contributed by atoms with E-state index in [1.54, 1.807) is 7.11 Å². The summed E-state index contributed by atoms with van der Waals surface area (Å²) in [6, 6.07) is 15.6. The number of aryl methyl sites for hydroxylation is 1. The summed E-state index contributed by atoms with van der Waals surface area (Å²) in [7, 11) is 1.66. The summed E-state index contributed by atoms with van der Waals surface area (Å²) in [6.07, 6.45) is 1.93. The fourth-order valence-electron chi connectivity index (χ4n) is 2.12. The monoisotopic (exact) mass is 290 g/mol. The Balaban J connectivity index is 1.82. The van der Waals surface area contributed by atoms with E-state index in [2.05, 4.69) is 0 Å². The van der Waals surface area contributed by atoms with E-state index >= 15 is 0 Å². The van der Waals surface area contributed by atoms with E-state index in [0.29, 0.717) is 6.42 Å². The van der Waals surface area contributed by atoms with Crippen molar-refractivity contribution in [3.05, 3.63) is 64.7 Å². The highest BCUT2D eigenvalue weighted by atomic mass is 35.5. The largest absolute Gasteiger partial charge is 0.497 e. The van der Waals surface area contributed by atoms with Gasteiger partial charge >= 0.3 is 0 Å². The predicted molar refractivity (Wildman–Crippen MR) is 82.5 cm³/mol. The molecule has 0 aliphatic heterocycles. The lowest BCUT2D eigenvalue weighted by Gasteiger charge is -2.11. The van der Waals surface area contributed by atoms with Crippen LogP contribution in [0.5, 0.6) is 5.75 Å². The number of ether oxygens (including phenoxy) is 1. The van der Waals surface area contributed by atoms with Gasteiger partial charge < -0.3 is 9.84 Å². The van der Waals surface area contributed by atoms with Gasteiger partial charge in [0.05, 0.1) is 13.2 Å². The molecule has 0 bridgehead atoms. The van der Waals surface area contributed by atoms with Crippen LogP contribution in [0, 0.1) is 0 Å². The third kappa shape index (κ3) is 4.55. The van der Waals surface area contributed by atoms with E-state index in [1.165, 1.54) is 5.56 Å². The van der Waals surface area contributed by atoms with Crippen molar-refractivity contribution in [2.24, 2.45) is 0 Å². The first kappa shape index (κ1) is 14.9. The Morgan fingerprint density at radius 1 is 1.00 bits per heavy atom. The molecule has 2 nitrogen and oxygen atoms in total. The van der Waals surface area contributed by atoms with Crippen molar-refractivity contribution in [3.63, 3.8) is 0 Å². The molecule has 0 aliphatic carbocycles. The Kier molecular flexibility index (Phi) is 5.45. The summed E-state index contributed by atoms with van der Waals surface area (Å²) in [5, 5.41) is 10.8. The third-order valence-corrected chi connectivity index (χ3v) is 3.56. The molecule has 106 valence electrons. The Bertz CT molecular complexity index is 520. The molecule has 0 aliphatic rings. The molecule has 2 rings (SSSR count). The van der Waals surface area contributed by atoms with Crippen molar-refractivity contribution in [1.29, 1.82) is 0 Å². The molecule has 0 fully saturated rings. The molecular formula is C17H19ClO2. The second kappa shape index (κ2) is 7.32. The van der Waals surface area contributed by atoms with Crippen LogP contribution in [0.15, 0.2) is 48.5 Å². The zero-order valence-corrected chi connectivity index (χ0v) is 12.3. The van der Waals surface area contributed by atoms with Crippen LogP contribution < -0.4 is 4.74 Å². The molecule has 1 N–H and O–H groups in total. The average Bonchev–Trinajstić information content (AvgIpc) is 2.48. The summed E-state index contributed by atoms with van der Waals surface area (Å²) in [4.78, 5) is 0. The summed E-state index contributed by atoms with van der Waals surface area (Å²) in [5.41, 5.74) is 2.32. The molecule has 0 saturated heterocycles. The van der Waals surface area contributed by atoms with Gasteiger partial charge in [-0.15, -0.1) is 0 Å². The zero-order chi connectivity index (χ0) is 14.4. The van der Waals surface area contributed by atoms with Crippen LogP contribution in [-0.4, -0.2) is 18.3 Å². The van der Waals surface area contributed by atoms with Crippen molar-refractivity contribution in [2.45, 2.75) is 25.4 Å². The Morgan fingerprint density at radius 3 is 2.20 bits per heavy atom. The molecule has 0 saturated carbocycles. The standard InChI is InChI=1S/C17H19ClO2/c1-20-17-10-5-13(6-11-17)4-9-16(19)12-14-2-7-15(18)8-3-14/h2-3,5-8,10-11,16,19H,4,9,12H2,1H3. The molecule has 2 aromatic rings. The molecule has 20 heavy (non-hydrogen) atoms. The quantitative estimate of drug-likeness (QED) is 0.875. The first-order valence-corrected chi connectivity index (χ1v) is 7.10. The lowest BCUT2D eigenvalue weighted by atomic mass is 10.0. The van der Waals surface area contributed by atoms with Crippen molar-refractivity contribution in [1.82, 2.24) is 0 Å². The first-order chi connectivity index (χ1) is 9.67. The minimum atomic E-state index is -0.335. The molecular weight excluding hydrogens is 272 g/mol. The second-order valence-electron chi connectivity index (χ2n) is 4.87. The maximum absolute atomic E-state index is 10.1. The molecule has 1 atom stereocenters. The van der Waals surface area contributed by atoms with E-state index in [0.717, 1.165) is 29.2 Å². The van der Waals surface area contributed by atoms with Gasteiger partial charge in [-0.1, -0.05) is 35.9 Å². The number of rotatable bonds is 6. The van der Waals surface area contributed by atoms with E-state index in [9.17, 15) is 5.11 Å². The van der Waals surface area contributed by atoms with E-state index < -0.39 is 0 Å². The van der Waals surface area contributed by atoms with Crippen molar-refractivity contribution < 1.29 is 9.84 Å². The van der Waals surface area contributed by atoms with Crippen LogP contribution in [0.25, 0.3) is 0 Å². The van der Waals surface area contributed by atoms with E-state index in [1.807, 2.05) is 48.5 Å². The number of methoxy groups -OCH3 is 1. The fourth-order valence-corrected chi connectivity index (χ4v) is 2.25. The Morgan fingerprint density at radius 2 is 1.60 bits per heavy atom. The van der Waals surface area contributed by atoms with Crippen LogP contribution in [0.3, 0.4) is 0 Å². The number of hydrogen-bond donors (Lipinski definition) is 1. The van der Waals surface area contributed by atoms with Gasteiger partial charge in [-0.3, -0.25) is 0 Å². The molecule has 0 radical (unpaired) electrons. The lowest BCUT2D eigenvalue weighted by molar-refractivity contribution is 0.165. The lowest BCUT2D eigenvalue weighted by Crippen LogP contribution is -2.11. The van der Waals surface area contributed by atoms with Crippen LogP contribution in [0.4, 0.5) is 0 Å². The number of benzene rings is 2. The molecule has 3 heteroatoms. The highest BCUT2D eigenvalue weighted by molar-refractivity contribution is 6.30. The highest BCUT2D eigenvalue weighted by Gasteiger charge is 2.06. The van der Waals surface area contributed by atoms with Gasteiger partial charge in [0.25, 0.3) is 0 Å². The van der Waals surface area contributed by atoms with Gasteiger partial charge in [-0.25, -0.2) is 0 Å². The van der Waals surface area contributed by atoms with Gasteiger partial charge in [0.2, 0.25) is 0 Å². The van der Waals surface area contributed by atoms with Gasteiger partial charge in [0, 0.05) is 5.02 Å². The van der Waals surface area contributed by atoms with E-state index in [4.69, 9.17) is 16.3 Å². The average molecular weight is 291 g/mol. The minimum absolute atomic E-state index is 0.335. The zero-order valence-electron chi connectivity index (χ0n) is 11.6. The SMILES string of the molecule is COc1ccc(CCC(O)Cc2ccc(Cl)cc2)cc1. The number of aliphatic hydroxyl groups excluding tert-OH is 1. The maximum atomic E-state index is 10.1. The number of hydrogen-bond acceptors (Lipinski definition) is 2. The van der Waals surface area contributed by atoms with Crippen LogP contribution in [0.1, 0.15) is 17.5 Å². The smallest absolute Gasteiger partial charge is 0.118 e. The topological polar surface area (TPSA) is 29.5 Å². The highest BCUT2D eigenvalue weighted by Crippen LogP contribution is 2.15. The van der Waals surface area contributed by atoms with Crippen molar-refractivity contribution >= 4 is 11.6 Å². The van der Waals surface area contributed by atoms with Gasteiger partial charge in [0.15, 0.2) is 0 Å². The molecule has 0 spiro atoms. The van der Waals surface area contributed by atoms with Crippen LogP contribution in [-0.2, 0) is 12.8 Å². The summed E-state index contributed by atoms with van der Waals surface area (Å²) in [5.74, 6) is 0.857. The fraction of sp³-hybridized carbons (Fsp3) is 0.294. The number of halogens is 1. The summed E-state index contributed by atoms with van der Waals surface area (Å²) in [6.45, 7) is 0. The molecule has 2 aromatic carbocycles. The normalized spacial score (nSPS) is 12.2. The van der Waals surface area contributed by atoms with Crippen molar-refractivity contribution in [3.8, 4) is 5.75 Å². The minimum Gasteiger partial charge on any atom is -0.497 e. The molecule has 0 heterocycles. The molecule has 1 unspecified atom stereocenters. The Labute approximate surface area is 125 Å². The predicted octanol–water partition coefficient (Wildman–Crippen LogP) is 3.88. The second-order valence-corrected chi connectivity index (χ2v) is 5.31. The first-order valence-electron chi connectivity index (χ1n) is 6.73. The third-order valence-electron chi connectivity index (χ3n) is 3.31.